The summed E-state index contributed by atoms with van der Waals surface area (Å²) in [5.41, 5.74) is 1.62. The van der Waals surface area contributed by atoms with Gasteiger partial charge in [0.2, 0.25) is 0 Å². The highest BCUT2D eigenvalue weighted by atomic mass is 32.2. The number of ether oxygens (including phenoxy) is 1. The molecule has 2 aromatic carbocycles. The van der Waals surface area contributed by atoms with E-state index in [0.29, 0.717) is 17.3 Å². The third kappa shape index (κ3) is 8.01. The Morgan fingerprint density at radius 1 is 1.03 bits per heavy atom. The van der Waals surface area contributed by atoms with Crippen LogP contribution in [0.5, 0.6) is 0 Å². The van der Waals surface area contributed by atoms with Gasteiger partial charge in [0.15, 0.2) is 6.61 Å². The molecule has 31 heavy (non-hydrogen) atoms. The molecule has 2 rings (SSSR count). The van der Waals surface area contributed by atoms with E-state index in [1.54, 1.807) is 24.3 Å². The molecule has 2 amide bonds. The number of amides is 2. The van der Waals surface area contributed by atoms with E-state index < -0.39 is 36.7 Å². The lowest BCUT2D eigenvalue weighted by molar-refractivity contribution is -0.146. The molecular weight excluding hydrogens is 426 g/mol. The topological polar surface area (TPSA) is 84.5 Å². The number of carbonyl (C=O) groups is 3. The number of nitrogens with one attached hydrogen (secondary N) is 2. The third-order valence-electron chi connectivity index (χ3n) is 4.15. The van der Waals surface area contributed by atoms with Crippen molar-refractivity contribution in [1.29, 1.82) is 0 Å². The van der Waals surface area contributed by atoms with Crippen molar-refractivity contribution in [3.8, 4) is 0 Å². The Morgan fingerprint density at radius 3 is 2.29 bits per heavy atom. The highest BCUT2D eigenvalue weighted by molar-refractivity contribution is 7.99. The van der Waals surface area contributed by atoms with Crippen LogP contribution in [0.1, 0.15) is 36.7 Å². The number of thioether (sulfide) groups is 1. The number of para-hydroxylation sites is 1. The van der Waals surface area contributed by atoms with Gasteiger partial charge in [-0.1, -0.05) is 56.8 Å². The number of hydrogen-bond acceptors (Lipinski definition) is 5. The SMILES string of the molecule is CC(C)(C)c1ccc(C(=O)NCC(=O)OCC(=O)Nc2ccccc2SC(F)F)cc1. The van der Waals surface area contributed by atoms with Gasteiger partial charge in [-0.3, -0.25) is 14.4 Å². The first-order valence-electron chi connectivity index (χ1n) is 9.44. The van der Waals surface area contributed by atoms with Gasteiger partial charge in [0.25, 0.3) is 17.6 Å². The van der Waals surface area contributed by atoms with Crippen molar-refractivity contribution in [2.75, 3.05) is 18.5 Å². The van der Waals surface area contributed by atoms with Crippen LogP contribution in [-0.4, -0.2) is 36.7 Å². The summed E-state index contributed by atoms with van der Waals surface area (Å²) in [6, 6.07) is 13.1. The van der Waals surface area contributed by atoms with Gasteiger partial charge in [0.1, 0.15) is 6.54 Å². The van der Waals surface area contributed by atoms with Crippen molar-refractivity contribution >= 4 is 35.2 Å². The molecule has 2 N–H and O–H groups in total. The molecule has 2 aromatic rings. The van der Waals surface area contributed by atoms with Crippen LogP contribution in [0.3, 0.4) is 0 Å². The Morgan fingerprint density at radius 2 is 1.68 bits per heavy atom. The summed E-state index contributed by atoms with van der Waals surface area (Å²) in [4.78, 5) is 36.1. The second kappa shape index (κ2) is 10.9. The Kier molecular flexibility index (Phi) is 8.56. The zero-order valence-corrected chi connectivity index (χ0v) is 18.2. The zero-order chi connectivity index (χ0) is 23.0. The number of carbonyl (C=O) groups excluding carboxylic acids is 3. The average Bonchev–Trinajstić information content (AvgIpc) is 2.71. The Balaban J connectivity index is 1.79. The van der Waals surface area contributed by atoms with Gasteiger partial charge in [-0.05, 0) is 35.2 Å². The molecule has 0 aliphatic carbocycles. The minimum atomic E-state index is -2.64. The van der Waals surface area contributed by atoms with E-state index >= 15 is 0 Å². The number of rotatable bonds is 8. The van der Waals surface area contributed by atoms with E-state index in [-0.39, 0.29) is 16.0 Å². The number of hydrogen-bond donors (Lipinski definition) is 2. The summed E-state index contributed by atoms with van der Waals surface area (Å²) in [7, 11) is 0. The molecule has 0 aliphatic rings. The first kappa shape index (κ1) is 24.3. The Labute approximate surface area is 183 Å². The van der Waals surface area contributed by atoms with Crippen molar-refractivity contribution in [3.63, 3.8) is 0 Å². The Bertz CT molecular complexity index is 928. The molecule has 0 heterocycles. The molecule has 0 atom stereocenters. The van der Waals surface area contributed by atoms with E-state index in [9.17, 15) is 23.2 Å². The van der Waals surface area contributed by atoms with E-state index in [2.05, 4.69) is 31.4 Å². The van der Waals surface area contributed by atoms with Gasteiger partial charge >= 0.3 is 5.97 Å². The maximum atomic E-state index is 12.6. The van der Waals surface area contributed by atoms with Crippen LogP contribution in [0, 0.1) is 0 Å². The van der Waals surface area contributed by atoms with Crippen LogP contribution in [0.15, 0.2) is 53.4 Å². The van der Waals surface area contributed by atoms with Crippen molar-refractivity contribution in [1.82, 2.24) is 5.32 Å². The monoisotopic (exact) mass is 450 g/mol. The second-order valence-electron chi connectivity index (χ2n) is 7.59. The summed E-state index contributed by atoms with van der Waals surface area (Å²) >= 11 is 0.299. The largest absolute Gasteiger partial charge is 0.454 e. The van der Waals surface area contributed by atoms with Crippen LogP contribution in [0.25, 0.3) is 0 Å². The molecule has 166 valence electrons. The summed E-state index contributed by atoms with van der Waals surface area (Å²) < 4.78 is 30.0. The summed E-state index contributed by atoms with van der Waals surface area (Å²) in [6.45, 7) is 5.16. The first-order valence-corrected chi connectivity index (χ1v) is 10.3. The minimum absolute atomic E-state index is 0.0436. The minimum Gasteiger partial charge on any atom is -0.454 e. The van der Waals surface area contributed by atoms with Crippen LogP contribution in [0.4, 0.5) is 14.5 Å². The molecule has 0 spiro atoms. The van der Waals surface area contributed by atoms with Crippen molar-refractivity contribution in [2.45, 2.75) is 36.8 Å². The predicted octanol–water partition coefficient (Wildman–Crippen LogP) is 4.21. The molecule has 0 bridgehead atoms. The van der Waals surface area contributed by atoms with Crippen LogP contribution in [-0.2, 0) is 19.7 Å². The average molecular weight is 451 g/mol. The van der Waals surface area contributed by atoms with E-state index in [4.69, 9.17) is 4.74 Å². The molecular formula is C22H24F2N2O4S. The number of benzene rings is 2. The molecule has 9 heteroatoms. The van der Waals surface area contributed by atoms with Gasteiger partial charge in [-0.15, -0.1) is 0 Å². The fourth-order valence-corrected chi connectivity index (χ4v) is 3.12. The lowest BCUT2D eigenvalue weighted by Crippen LogP contribution is -2.32. The summed E-state index contributed by atoms with van der Waals surface area (Å²) in [5, 5.41) is 4.85. The van der Waals surface area contributed by atoms with Gasteiger partial charge in [0.05, 0.1) is 5.69 Å². The highest BCUT2D eigenvalue weighted by Crippen LogP contribution is 2.31. The van der Waals surface area contributed by atoms with Crippen LogP contribution < -0.4 is 10.6 Å². The fourth-order valence-electron chi connectivity index (χ4n) is 2.53. The number of anilines is 1. The van der Waals surface area contributed by atoms with E-state index in [1.807, 2.05) is 12.1 Å². The molecule has 0 saturated carbocycles. The predicted molar refractivity (Wildman–Crippen MR) is 115 cm³/mol. The standard InChI is InChI=1S/C22H24F2N2O4S/c1-22(2,3)15-10-8-14(9-11-15)20(29)25-12-19(28)30-13-18(27)26-16-6-4-5-7-17(16)31-21(23)24/h4-11,21H,12-13H2,1-3H3,(H,25,29)(H,26,27). The maximum Gasteiger partial charge on any atom is 0.325 e. The van der Waals surface area contributed by atoms with Crippen molar-refractivity contribution in [2.24, 2.45) is 0 Å². The smallest absolute Gasteiger partial charge is 0.325 e. The second-order valence-corrected chi connectivity index (χ2v) is 8.63. The normalized spacial score (nSPS) is 11.2. The molecule has 0 radical (unpaired) electrons. The van der Waals surface area contributed by atoms with E-state index in [1.165, 1.54) is 12.1 Å². The first-order chi connectivity index (χ1) is 14.6. The quantitative estimate of drug-likeness (QED) is 0.465. The lowest BCUT2D eigenvalue weighted by Gasteiger charge is -2.19. The zero-order valence-electron chi connectivity index (χ0n) is 17.4. The third-order valence-corrected chi connectivity index (χ3v) is 4.94. The molecule has 0 unspecified atom stereocenters. The Hall–Kier alpha value is -2.94. The molecule has 0 aromatic heterocycles. The van der Waals surface area contributed by atoms with Crippen molar-refractivity contribution in [3.05, 3.63) is 59.7 Å². The van der Waals surface area contributed by atoms with Gasteiger partial charge in [-0.25, -0.2) is 0 Å². The van der Waals surface area contributed by atoms with Gasteiger partial charge in [-0.2, -0.15) is 8.78 Å². The number of esters is 1. The van der Waals surface area contributed by atoms with Crippen LogP contribution >= 0.6 is 11.8 Å². The van der Waals surface area contributed by atoms with Gasteiger partial charge < -0.3 is 15.4 Å². The molecule has 0 fully saturated rings. The lowest BCUT2D eigenvalue weighted by atomic mass is 9.87. The van der Waals surface area contributed by atoms with Gasteiger partial charge in [0, 0.05) is 10.5 Å². The van der Waals surface area contributed by atoms with Crippen LogP contribution in [0.2, 0.25) is 0 Å². The maximum absolute atomic E-state index is 12.6. The highest BCUT2D eigenvalue weighted by Gasteiger charge is 2.16. The molecule has 0 saturated heterocycles. The molecule has 0 aliphatic heterocycles. The number of alkyl halides is 2. The fraction of sp³-hybridized carbons (Fsp3) is 0.318. The van der Waals surface area contributed by atoms with Crippen molar-refractivity contribution < 1.29 is 27.9 Å². The summed E-state index contributed by atoms with van der Waals surface area (Å²) in [6.07, 6.45) is 0. The number of halogens is 2. The molecule has 6 nitrogen and oxygen atoms in total. The summed E-state index contributed by atoms with van der Waals surface area (Å²) in [5.74, 6) is -4.56. The van der Waals surface area contributed by atoms with E-state index in [0.717, 1.165) is 5.56 Å².